The van der Waals surface area contributed by atoms with Crippen molar-refractivity contribution >= 4 is 28.0 Å². The molecule has 35 heavy (non-hydrogen) atoms. The van der Waals surface area contributed by atoms with Gasteiger partial charge >= 0.3 is 6.09 Å². The van der Waals surface area contributed by atoms with Crippen LogP contribution in [-0.4, -0.2) is 44.2 Å². The molecule has 6 heteroatoms. The van der Waals surface area contributed by atoms with Crippen LogP contribution in [0.4, 0.5) is 4.79 Å². The molecule has 1 aliphatic rings. The first kappa shape index (κ1) is 23.3. The van der Waals surface area contributed by atoms with Gasteiger partial charge in [0.25, 0.3) is 0 Å². The standard InChI is InChI=1S/C29H34N4O2/c1-20-25-26(23-12-8-9-13-24(23)30-20)33(27(31-25)22-10-6-5-7-11-22)19-16-21-14-17-32(18-15-21)28(34)35-29(2,3)4/h5-13,21H,14-19H2,1-4H3. The number of aryl methyl sites for hydroxylation is 2. The molecule has 1 saturated heterocycles. The summed E-state index contributed by atoms with van der Waals surface area (Å²) >= 11 is 0. The highest BCUT2D eigenvalue weighted by atomic mass is 16.6. The van der Waals surface area contributed by atoms with Gasteiger partial charge in [-0.1, -0.05) is 48.5 Å². The van der Waals surface area contributed by atoms with Crippen molar-refractivity contribution in [2.45, 2.75) is 59.1 Å². The lowest BCUT2D eigenvalue weighted by Crippen LogP contribution is -2.41. The first-order valence-electron chi connectivity index (χ1n) is 12.6. The minimum Gasteiger partial charge on any atom is -0.444 e. The van der Waals surface area contributed by atoms with Crippen molar-refractivity contribution in [3.8, 4) is 11.4 Å². The van der Waals surface area contributed by atoms with E-state index in [0.29, 0.717) is 5.92 Å². The molecule has 6 nitrogen and oxygen atoms in total. The van der Waals surface area contributed by atoms with E-state index in [0.717, 1.165) is 77.9 Å². The summed E-state index contributed by atoms with van der Waals surface area (Å²) in [6.07, 6.45) is 2.84. The average Bonchev–Trinajstić information content (AvgIpc) is 3.23. The van der Waals surface area contributed by atoms with Gasteiger partial charge in [-0.3, -0.25) is 4.98 Å². The third-order valence-electron chi connectivity index (χ3n) is 6.82. The van der Waals surface area contributed by atoms with Crippen LogP contribution >= 0.6 is 0 Å². The van der Waals surface area contributed by atoms with Crippen LogP contribution in [-0.2, 0) is 11.3 Å². The SMILES string of the molecule is Cc1nc2ccccc2c2c1nc(-c1ccccc1)n2CCC1CCN(C(=O)OC(C)(C)C)CC1. The normalized spacial score (nSPS) is 15.1. The van der Waals surface area contributed by atoms with Crippen molar-refractivity contribution < 1.29 is 9.53 Å². The van der Waals surface area contributed by atoms with Gasteiger partial charge in [-0.15, -0.1) is 0 Å². The number of pyridine rings is 1. The molecule has 2 aromatic carbocycles. The smallest absolute Gasteiger partial charge is 0.410 e. The number of hydrogen-bond donors (Lipinski definition) is 0. The van der Waals surface area contributed by atoms with Crippen LogP contribution in [0.5, 0.6) is 0 Å². The molecule has 0 bridgehead atoms. The first-order valence-corrected chi connectivity index (χ1v) is 12.6. The van der Waals surface area contributed by atoms with Crippen LogP contribution in [0.15, 0.2) is 54.6 Å². The zero-order valence-electron chi connectivity index (χ0n) is 21.1. The number of hydrogen-bond acceptors (Lipinski definition) is 4. The van der Waals surface area contributed by atoms with Crippen molar-refractivity contribution in [2.24, 2.45) is 5.92 Å². The molecule has 2 aromatic heterocycles. The number of amides is 1. The minimum absolute atomic E-state index is 0.197. The summed E-state index contributed by atoms with van der Waals surface area (Å²) in [5.41, 5.74) is 4.76. The number of fused-ring (bicyclic) bond motifs is 3. The molecule has 0 spiro atoms. The van der Waals surface area contributed by atoms with Crippen LogP contribution < -0.4 is 0 Å². The van der Waals surface area contributed by atoms with Crippen molar-refractivity contribution in [3.63, 3.8) is 0 Å². The average molecular weight is 471 g/mol. The number of piperidine rings is 1. The number of carbonyl (C=O) groups is 1. The topological polar surface area (TPSA) is 60.2 Å². The number of ether oxygens (including phenoxy) is 1. The van der Waals surface area contributed by atoms with Crippen LogP contribution in [0.1, 0.15) is 45.7 Å². The molecule has 3 heterocycles. The Hall–Kier alpha value is -3.41. The summed E-state index contributed by atoms with van der Waals surface area (Å²) in [6.45, 7) is 10.2. The van der Waals surface area contributed by atoms with E-state index in [-0.39, 0.29) is 6.09 Å². The van der Waals surface area contributed by atoms with Crippen molar-refractivity contribution in [2.75, 3.05) is 13.1 Å². The Bertz CT molecular complexity index is 1350. The number of carbonyl (C=O) groups excluding carboxylic acids is 1. The van der Waals surface area contributed by atoms with Gasteiger partial charge < -0.3 is 14.2 Å². The van der Waals surface area contributed by atoms with E-state index < -0.39 is 5.60 Å². The molecule has 1 amide bonds. The number of rotatable bonds is 4. The Labute approximate surface area is 206 Å². The molecule has 1 fully saturated rings. The second kappa shape index (κ2) is 9.33. The maximum absolute atomic E-state index is 12.5. The van der Waals surface area contributed by atoms with E-state index in [4.69, 9.17) is 14.7 Å². The monoisotopic (exact) mass is 470 g/mol. The Kier molecular flexibility index (Phi) is 6.22. The molecule has 182 valence electrons. The highest BCUT2D eigenvalue weighted by Gasteiger charge is 2.27. The number of imidazole rings is 1. The summed E-state index contributed by atoms with van der Waals surface area (Å²) in [7, 11) is 0. The fourth-order valence-corrected chi connectivity index (χ4v) is 5.05. The van der Waals surface area contributed by atoms with Gasteiger partial charge in [-0.25, -0.2) is 9.78 Å². The Morgan fingerprint density at radius 1 is 1.00 bits per heavy atom. The maximum atomic E-state index is 12.5. The molecule has 0 atom stereocenters. The van der Waals surface area contributed by atoms with Gasteiger partial charge in [0, 0.05) is 30.6 Å². The number of benzene rings is 2. The molecular formula is C29H34N4O2. The van der Waals surface area contributed by atoms with E-state index in [2.05, 4.69) is 47.0 Å². The third-order valence-corrected chi connectivity index (χ3v) is 6.82. The van der Waals surface area contributed by atoms with Gasteiger partial charge in [0.05, 0.1) is 16.7 Å². The first-order chi connectivity index (χ1) is 16.8. The zero-order valence-corrected chi connectivity index (χ0v) is 21.1. The highest BCUT2D eigenvalue weighted by Crippen LogP contribution is 2.33. The summed E-state index contributed by atoms with van der Waals surface area (Å²) in [4.78, 5) is 24.2. The van der Waals surface area contributed by atoms with Crippen LogP contribution in [0.25, 0.3) is 33.3 Å². The van der Waals surface area contributed by atoms with E-state index in [1.54, 1.807) is 0 Å². The largest absolute Gasteiger partial charge is 0.444 e. The Morgan fingerprint density at radius 2 is 1.69 bits per heavy atom. The molecule has 5 rings (SSSR count). The van der Waals surface area contributed by atoms with Gasteiger partial charge in [0.2, 0.25) is 0 Å². The predicted molar refractivity (Wildman–Crippen MR) is 140 cm³/mol. The van der Waals surface area contributed by atoms with Crippen LogP contribution in [0.3, 0.4) is 0 Å². The number of likely N-dealkylation sites (tertiary alicyclic amines) is 1. The van der Waals surface area contributed by atoms with Gasteiger partial charge in [-0.2, -0.15) is 0 Å². The van der Waals surface area contributed by atoms with Gasteiger partial charge in [0.1, 0.15) is 16.9 Å². The lowest BCUT2D eigenvalue weighted by Gasteiger charge is -2.33. The molecule has 0 saturated carbocycles. The zero-order chi connectivity index (χ0) is 24.6. The van der Waals surface area contributed by atoms with Crippen molar-refractivity contribution in [3.05, 3.63) is 60.3 Å². The molecule has 0 N–H and O–H groups in total. The Morgan fingerprint density at radius 3 is 2.40 bits per heavy atom. The number of para-hydroxylation sites is 1. The lowest BCUT2D eigenvalue weighted by molar-refractivity contribution is 0.0180. The maximum Gasteiger partial charge on any atom is 0.410 e. The van der Waals surface area contributed by atoms with E-state index in [9.17, 15) is 4.79 Å². The predicted octanol–water partition coefficient (Wildman–Crippen LogP) is 6.60. The molecule has 1 aliphatic heterocycles. The fourth-order valence-electron chi connectivity index (χ4n) is 5.05. The second-order valence-electron chi connectivity index (χ2n) is 10.6. The van der Waals surface area contributed by atoms with Crippen LogP contribution in [0.2, 0.25) is 0 Å². The van der Waals surface area contributed by atoms with Crippen molar-refractivity contribution in [1.29, 1.82) is 0 Å². The third kappa shape index (κ3) is 4.88. The molecule has 0 aliphatic carbocycles. The summed E-state index contributed by atoms with van der Waals surface area (Å²) < 4.78 is 7.96. The molecule has 0 unspecified atom stereocenters. The van der Waals surface area contributed by atoms with E-state index in [1.807, 2.05) is 44.7 Å². The quantitative estimate of drug-likeness (QED) is 0.337. The van der Waals surface area contributed by atoms with Crippen molar-refractivity contribution in [1.82, 2.24) is 19.4 Å². The second-order valence-corrected chi connectivity index (χ2v) is 10.6. The number of nitrogens with zero attached hydrogens (tertiary/aromatic N) is 4. The molecular weight excluding hydrogens is 436 g/mol. The summed E-state index contributed by atoms with van der Waals surface area (Å²) in [5, 5.41) is 1.14. The van der Waals surface area contributed by atoms with Gasteiger partial charge in [0.15, 0.2) is 0 Å². The minimum atomic E-state index is -0.458. The lowest BCUT2D eigenvalue weighted by atomic mass is 9.93. The summed E-state index contributed by atoms with van der Waals surface area (Å²) in [6, 6.07) is 18.8. The summed E-state index contributed by atoms with van der Waals surface area (Å²) in [5.74, 6) is 1.55. The Balaban J connectivity index is 1.42. The van der Waals surface area contributed by atoms with E-state index in [1.165, 1.54) is 0 Å². The highest BCUT2D eigenvalue weighted by molar-refractivity contribution is 6.04. The van der Waals surface area contributed by atoms with Crippen LogP contribution in [0, 0.1) is 12.8 Å². The number of aromatic nitrogens is 3. The van der Waals surface area contributed by atoms with Gasteiger partial charge in [-0.05, 0) is 58.9 Å². The molecule has 0 radical (unpaired) electrons. The van der Waals surface area contributed by atoms with E-state index >= 15 is 0 Å². The molecule has 4 aromatic rings. The fraction of sp³-hybridized carbons (Fsp3) is 0.414.